The number of benzene rings is 1. The lowest BCUT2D eigenvalue weighted by atomic mass is 10.2. The van der Waals surface area contributed by atoms with Crippen LogP contribution in [0.5, 0.6) is 0 Å². The summed E-state index contributed by atoms with van der Waals surface area (Å²) >= 11 is 5.94. The molecular formula is C14H17ClN4O2. The first-order valence-corrected chi connectivity index (χ1v) is 6.89. The van der Waals surface area contributed by atoms with Crippen molar-refractivity contribution in [2.45, 2.75) is 19.9 Å². The largest absolute Gasteiger partial charge is 0.394 e. The quantitative estimate of drug-likeness (QED) is 0.933. The summed E-state index contributed by atoms with van der Waals surface area (Å²) in [7, 11) is 1.63. The average Bonchev–Trinajstić information content (AvgIpc) is 2.87. The Morgan fingerprint density at radius 2 is 2.19 bits per heavy atom. The van der Waals surface area contributed by atoms with E-state index in [0.29, 0.717) is 16.4 Å². The normalized spacial score (nSPS) is 12.2. The van der Waals surface area contributed by atoms with Crippen LogP contribution in [0, 0.1) is 6.92 Å². The van der Waals surface area contributed by atoms with Gasteiger partial charge in [-0.15, -0.1) is 5.10 Å². The van der Waals surface area contributed by atoms with Gasteiger partial charge in [-0.05, 0) is 32.0 Å². The molecule has 21 heavy (non-hydrogen) atoms. The monoisotopic (exact) mass is 308 g/mol. The third kappa shape index (κ3) is 3.22. The van der Waals surface area contributed by atoms with Gasteiger partial charge < -0.3 is 10.0 Å². The van der Waals surface area contributed by atoms with Crippen molar-refractivity contribution in [1.82, 2.24) is 19.9 Å². The number of likely N-dealkylation sites (N-methyl/N-ethyl adjacent to an activating group) is 1. The van der Waals surface area contributed by atoms with Crippen LogP contribution in [0.15, 0.2) is 24.3 Å². The topological polar surface area (TPSA) is 71.2 Å². The van der Waals surface area contributed by atoms with Gasteiger partial charge in [-0.1, -0.05) is 17.7 Å². The van der Waals surface area contributed by atoms with E-state index >= 15 is 0 Å². The van der Waals surface area contributed by atoms with Crippen molar-refractivity contribution in [2.75, 3.05) is 13.7 Å². The zero-order valence-corrected chi connectivity index (χ0v) is 12.9. The van der Waals surface area contributed by atoms with E-state index in [1.54, 1.807) is 45.2 Å². The molecule has 2 aromatic rings. The second kappa shape index (κ2) is 6.24. The lowest BCUT2D eigenvalue weighted by molar-refractivity contribution is 0.0675. The number of carbonyl (C=O) groups excluding carboxylic acids is 1. The Morgan fingerprint density at radius 3 is 2.81 bits per heavy atom. The lowest BCUT2D eigenvalue weighted by Crippen LogP contribution is -2.37. The van der Waals surface area contributed by atoms with Crippen LogP contribution in [0.25, 0.3) is 5.69 Å². The van der Waals surface area contributed by atoms with Crippen LogP contribution >= 0.6 is 11.6 Å². The summed E-state index contributed by atoms with van der Waals surface area (Å²) in [6, 6.07) is 6.78. The molecule has 1 heterocycles. The van der Waals surface area contributed by atoms with Crippen molar-refractivity contribution >= 4 is 17.5 Å². The fraction of sp³-hybridized carbons (Fsp3) is 0.357. The predicted octanol–water partition coefficient (Wildman–Crippen LogP) is 1.68. The van der Waals surface area contributed by atoms with Crippen LogP contribution in [0.3, 0.4) is 0 Å². The highest BCUT2D eigenvalue weighted by Crippen LogP contribution is 2.15. The lowest BCUT2D eigenvalue weighted by Gasteiger charge is -2.22. The Morgan fingerprint density at radius 1 is 1.48 bits per heavy atom. The number of aliphatic hydroxyl groups excluding tert-OH is 1. The number of amides is 1. The van der Waals surface area contributed by atoms with Crippen LogP contribution in [-0.2, 0) is 0 Å². The van der Waals surface area contributed by atoms with Gasteiger partial charge in [0, 0.05) is 12.1 Å². The van der Waals surface area contributed by atoms with Gasteiger partial charge in [0.2, 0.25) is 0 Å². The highest BCUT2D eigenvalue weighted by atomic mass is 35.5. The number of halogens is 1. The van der Waals surface area contributed by atoms with Crippen LogP contribution in [0.2, 0.25) is 5.02 Å². The minimum absolute atomic E-state index is 0.107. The molecule has 0 spiro atoms. The van der Waals surface area contributed by atoms with Gasteiger partial charge in [0.25, 0.3) is 5.91 Å². The van der Waals surface area contributed by atoms with Crippen LogP contribution in [0.1, 0.15) is 23.1 Å². The number of aliphatic hydroxyl groups is 1. The molecule has 7 heteroatoms. The molecule has 2 rings (SSSR count). The van der Waals surface area contributed by atoms with Gasteiger partial charge in [0.15, 0.2) is 5.69 Å². The van der Waals surface area contributed by atoms with Crippen molar-refractivity contribution in [2.24, 2.45) is 0 Å². The predicted molar refractivity (Wildman–Crippen MR) is 79.7 cm³/mol. The number of nitrogens with zero attached hydrogens (tertiary/aromatic N) is 4. The Kier molecular flexibility index (Phi) is 4.59. The fourth-order valence-corrected chi connectivity index (χ4v) is 1.97. The van der Waals surface area contributed by atoms with Gasteiger partial charge in [-0.3, -0.25) is 4.79 Å². The van der Waals surface area contributed by atoms with E-state index in [2.05, 4.69) is 10.2 Å². The molecule has 1 amide bonds. The number of hydrogen-bond acceptors (Lipinski definition) is 4. The first kappa shape index (κ1) is 15.5. The second-order valence-corrected chi connectivity index (χ2v) is 5.29. The first-order chi connectivity index (χ1) is 9.93. The molecule has 0 aliphatic carbocycles. The molecule has 1 atom stereocenters. The minimum atomic E-state index is -0.284. The summed E-state index contributed by atoms with van der Waals surface area (Å²) in [5, 5.41) is 18.2. The Labute approximate surface area is 127 Å². The number of rotatable bonds is 4. The molecule has 6 nitrogen and oxygen atoms in total. The van der Waals surface area contributed by atoms with Crippen molar-refractivity contribution in [3.8, 4) is 5.69 Å². The summed E-state index contributed by atoms with van der Waals surface area (Å²) in [4.78, 5) is 15.2. The smallest absolute Gasteiger partial charge is 0.276 e. The molecular weight excluding hydrogens is 292 g/mol. The van der Waals surface area contributed by atoms with Crippen molar-refractivity contribution in [3.05, 3.63) is 40.7 Å². The molecule has 112 valence electrons. The van der Waals surface area contributed by atoms with E-state index < -0.39 is 0 Å². The van der Waals surface area contributed by atoms with E-state index in [9.17, 15) is 4.79 Å². The van der Waals surface area contributed by atoms with Gasteiger partial charge in [0.1, 0.15) is 0 Å². The third-order valence-electron chi connectivity index (χ3n) is 3.27. The number of aromatic nitrogens is 3. The Balaban J connectivity index is 2.33. The maximum Gasteiger partial charge on any atom is 0.276 e. The average molecular weight is 309 g/mol. The minimum Gasteiger partial charge on any atom is -0.394 e. The van der Waals surface area contributed by atoms with E-state index in [1.165, 1.54) is 9.70 Å². The molecule has 0 fully saturated rings. The highest BCUT2D eigenvalue weighted by molar-refractivity contribution is 6.30. The van der Waals surface area contributed by atoms with Gasteiger partial charge >= 0.3 is 0 Å². The van der Waals surface area contributed by atoms with Gasteiger partial charge in [0.05, 0.1) is 24.0 Å². The Hall–Kier alpha value is -1.92. The molecule has 0 aliphatic heterocycles. The number of aryl methyl sites for hydroxylation is 1. The van der Waals surface area contributed by atoms with Crippen LogP contribution < -0.4 is 0 Å². The molecule has 0 bridgehead atoms. The summed E-state index contributed by atoms with van der Waals surface area (Å²) in [6.45, 7) is 3.37. The molecule has 0 aliphatic rings. The summed E-state index contributed by atoms with van der Waals surface area (Å²) in [5.74, 6) is -0.276. The number of hydrogen-bond donors (Lipinski definition) is 1. The zero-order chi connectivity index (χ0) is 15.6. The molecule has 0 saturated heterocycles. The van der Waals surface area contributed by atoms with Crippen LogP contribution in [0.4, 0.5) is 0 Å². The van der Waals surface area contributed by atoms with E-state index in [0.717, 1.165) is 0 Å². The van der Waals surface area contributed by atoms with Gasteiger partial charge in [-0.25, -0.2) is 0 Å². The van der Waals surface area contributed by atoms with E-state index in [1.807, 2.05) is 0 Å². The maximum absolute atomic E-state index is 12.4. The SMILES string of the molecule is Cc1nn(-c2cccc(Cl)c2)nc1C(=O)N(C)C(C)CO. The molecule has 1 unspecified atom stereocenters. The van der Waals surface area contributed by atoms with E-state index in [4.69, 9.17) is 16.7 Å². The molecule has 1 aromatic heterocycles. The fourth-order valence-electron chi connectivity index (χ4n) is 1.78. The zero-order valence-electron chi connectivity index (χ0n) is 12.1. The molecule has 1 aromatic carbocycles. The second-order valence-electron chi connectivity index (χ2n) is 4.85. The third-order valence-corrected chi connectivity index (χ3v) is 3.50. The van der Waals surface area contributed by atoms with Crippen molar-refractivity contribution < 1.29 is 9.90 Å². The first-order valence-electron chi connectivity index (χ1n) is 6.52. The summed E-state index contributed by atoms with van der Waals surface area (Å²) in [6.07, 6.45) is 0. The van der Waals surface area contributed by atoms with Crippen LogP contribution in [-0.4, -0.2) is 50.6 Å². The summed E-state index contributed by atoms with van der Waals surface area (Å²) < 4.78 is 0. The number of carbonyl (C=O) groups is 1. The van der Waals surface area contributed by atoms with Crippen molar-refractivity contribution in [1.29, 1.82) is 0 Å². The maximum atomic E-state index is 12.4. The summed E-state index contributed by atoms with van der Waals surface area (Å²) in [5.41, 5.74) is 1.47. The Bertz CT molecular complexity index is 656. The standard InChI is InChI=1S/C14H17ClN4O2/c1-9(8-20)18(3)14(21)13-10(2)16-19(17-13)12-6-4-5-11(15)7-12/h4-7,9,20H,8H2,1-3H3. The molecule has 1 N–H and O–H groups in total. The van der Waals surface area contributed by atoms with Crippen molar-refractivity contribution in [3.63, 3.8) is 0 Å². The highest BCUT2D eigenvalue weighted by Gasteiger charge is 2.23. The van der Waals surface area contributed by atoms with Gasteiger partial charge in [-0.2, -0.15) is 9.90 Å². The molecule has 0 radical (unpaired) electrons. The molecule has 0 saturated carbocycles. The van der Waals surface area contributed by atoms with E-state index in [-0.39, 0.29) is 24.2 Å².